The molecule has 48 valence electrons. The van der Waals surface area contributed by atoms with Gasteiger partial charge in [0.1, 0.15) is 0 Å². The third kappa shape index (κ3) is 3.38. The lowest BCUT2D eigenvalue weighted by molar-refractivity contribution is 0.0907. The Labute approximate surface area is 47.1 Å². The zero-order valence-corrected chi connectivity index (χ0v) is 4.60. The highest BCUT2D eigenvalue weighted by atomic mass is 16.7. The molecule has 0 saturated carbocycles. The minimum Gasteiger partial charge on any atom is -0.339 e. The van der Waals surface area contributed by atoms with Crippen LogP contribution in [-0.2, 0) is 4.84 Å². The van der Waals surface area contributed by atoms with Crippen molar-refractivity contribution < 1.29 is 9.63 Å². The molecule has 0 radical (unpaired) electrons. The molecular formula is C3H9N3O2. The summed E-state index contributed by atoms with van der Waals surface area (Å²) in [5.74, 6) is 4.63. The Hall–Kier alpha value is -0.810. The molecule has 8 heavy (non-hydrogen) atoms. The van der Waals surface area contributed by atoms with Gasteiger partial charge in [0.2, 0.25) is 0 Å². The molecule has 0 heterocycles. The largest absolute Gasteiger partial charge is 0.427 e. The summed E-state index contributed by atoms with van der Waals surface area (Å²) in [5, 5.41) is 2.34. The molecule has 0 unspecified atom stereocenters. The van der Waals surface area contributed by atoms with Gasteiger partial charge in [-0.2, -0.15) is 0 Å². The van der Waals surface area contributed by atoms with E-state index >= 15 is 0 Å². The fourth-order valence-corrected chi connectivity index (χ4v) is 0.234. The Bertz CT molecular complexity index is 66.9. The second-order valence-corrected chi connectivity index (χ2v) is 1.04. The summed E-state index contributed by atoms with van der Waals surface area (Å²) in [7, 11) is 0. The summed E-state index contributed by atoms with van der Waals surface area (Å²) < 4.78 is 0. The van der Waals surface area contributed by atoms with Gasteiger partial charge in [-0.05, 0) is 6.92 Å². The number of amides is 1. The summed E-state index contributed by atoms with van der Waals surface area (Å²) in [4.78, 5) is 14.2. The lowest BCUT2D eigenvalue weighted by Gasteiger charge is -1.98. The van der Waals surface area contributed by atoms with Crippen molar-refractivity contribution >= 4 is 6.09 Å². The molecule has 5 heteroatoms. The monoisotopic (exact) mass is 119 g/mol. The van der Waals surface area contributed by atoms with Crippen molar-refractivity contribution in [1.82, 2.24) is 10.9 Å². The van der Waals surface area contributed by atoms with Gasteiger partial charge in [-0.3, -0.25) is 0 Å². The van der Waals surface area contributed by atoms with Crippen molar-refractivity contribution in [2.45, 2.75) is 6.92 Å². The average Bonchev–Trinajstić information content (AvgIpc) is 1.68. The van der Waals surface area contributed by atoms with Crippen LogP contribution in [0.3, 0.4) is 0 Å². The van der Waals surface area contributed by atoms with Crippen LogP contribution in [0, 0.1) is 0 Å². The van der Waals surface area contributed by atoms with E-state index < -0.39 is 6.09 Å². The van der Waals surface area contributed by atoms with Crippen molar-refractivity contribution in [3.05, 3.63) is 0 Å². The van der Waals surface area contributed by atoms with Gasteiger partial charge < -0.3 is 10.2 Å². The van der Waals surface area contributed by atoms with Gasteiger partial charge in [0, 0.05) is 6.54 Å². The van der Waals surface area contributed by atoms with Crippen molar-refractivity contribution in [3.8, 4) is 0 Å². The quantitative estimate of drug-likeness (QED) is 0.325. The van der Waals surface area contributed by atoms with E-state index in [9.17, 15) is 4.79 Å². The number of nitrogens with one attached hydrogen (secondary N) is 2. The first kappa shape index (κ1) is 7.19. The van der Waals surface area contributed by atoms with E-state index in [1.807, 2.05) is 0 Å². The number of hydrogen-bond donors (Lipinski definition) is 3. The molecule has 0 atom stereocenters. The molecule has 0 saturated heterocycles. The summed E-state index contributed by atoms with van der Waals surface area (Å²) >= 11 is 0. The Morgan fingerprint density at radius 1 is 1.88 bits per heavy atom. The van der Waals surface area contributed by atoms with Gasteiger partial charge in [0.15, 0.2) is 0 Å². The highest BCUT2D eigenvalue weighted by Crippen LogP contribution is 1.65. The molecule has 0 spiro atoms. The van der Waals surface area contributed by atoms with Crippen molar-refractivity contribution in [2.24, 2.45) is 5.84 Å². The zero-order valence-electron chi connectivity index (χ0n) is 4.60. The fraction of sp³-hybridized carbons (Fsp3) is 0.667. The highest BCUT2D eigenvalue weighted by Gasteiger charge is 1.93. The van der Waals surface area contributed by atoms with Crippen molar-refractivity contribution in [2.75, 3.05) is 6.54 Å². The maximum absolute atomic E-state index is 10.2. The molecule has 0 fully saturated rings. The number of carbonyl (C=O) groups excluding carboxylic acids is 1. The molecule has 5 nitrogen and oxygen atoms in total. The molecule has 0 aliphatic heterocycles. The number of nitrogens with two attached hydrogens (primary N) is 1. The molecule has 0 aliphatic rings. The van der Waals surface area contributed by atoms with Crippen molar-refractivity contribution in [1.29, 1.82) is 0 Å². The first-order chi connectivity index (χ1) is 3.81. The van der Waals surface area contributed by atoms with Crippen LogP contribution in [0.2, 0.25) is 0 Å². The van der Waals surface area contributed by atoms with Gasteiger partial charge in [-0.25, -0.2) is 10.6 Å². The van der Waals surface area contributed by atoms with Gasteiger partial charge in [-0.1, -0.05) is 5.59 Å². The van der Waals surface area contributed by atoms with Crippen LogP contribution >= 0.6 is 0 Å². The smallest absolute Gasteiger partial charge is 0.339 e. The second kappa shape index (κ2) is 4.35. The van der Waals surface area contributed by atoms with E-state index in [2.05, 4.69) is 16.0 Å². The van der Waals surface area contributed by atoms with Gasteiger partial charge in [0.25, 0.3) is 0 Å². The van der Waals surface area contributed by atoms with Crippen LogP contribution in [0.1, 0.15) is 6.92 Å². The third-order valence-electron chi connectivity index (χ3n) is 0.473. The van der Waals surface area contributed by atoms with E-state index in [1.54, 1.807) is 12.5 Å². The summed E-state index contributed by atoms with van der Waals surface area (Å²) in [6.45, 7) is 2.30. The van der Waals surface area contributed by atoms with Crippen molar-refractivity contribution in [3.63, 3.8) is 0 Å². The Morgan fingerprint density at radius 3 is 2.88 bits per heavy atom. The molecule has 0 aliphatic carbocycles. The molecule has 0 aromatic rings. The maximum Gasteiger partial charge on any atom is 0.427 e. The number of rotatable bonds is 2. The molecule has 0 aromatic carbocycles. The maximum atomic E-state index is 10.2. The van der Waals surface area contributed by atoms with Gasteiger partial charge in [0.05, 0.1) is 0 Å². The Morgan fingerprint density at radius 2 is 2.50 bits per heavy atom. The summed E-state index contributed by atoms with van der Waals surface area (Å²) in [6, 6.07) is 0. The minimum atomic E-state index is -0.574. The van der Waals surface area contributed by atoms with E-state index in [-0.39, 0.29) is 0 Å². The standard InChI is InChI=1S/C3H9N3O2/c1-2-5-3(7)8-6-4/h6H,2,4H2,1H3,(H,5,7). The van der Waals surface area contributed by atoms with E-state index in [4.69, 9.17) is 0 Å². The topological polar surface area (TPSA) is 76.4 Å². The second-order valence-electron chi connectivity index (χ2n) is 1.04. The highest BCUT2D eigenvalue weighted by molar-refractivity contribution is 5.66. The number of hydrogen-bond acceptors (Lipinski definition) is 4. The molecule has 1 amide bonds. The summed E-state index contributed by atoms with van der Waals surface area (Å²) in [6.07, 6.45) is -0.574. The van der Waals surface area contributed by atoms with Crippen LogP contribution in [0.25, 0.3) is 0 Å². The fourth-order valence-electron chi connectivity index (χ4n) is 0.234. The van der Waals surface area contributed by atoms with Gasteiger partial charge in [-0.15, -0.1) is 0 Å². The number of carbonyl (C=O) groups is 1. The molecular weight excluding hydrogens is 110 g/mol. The predicted molar refractivity (Wildman–Crippen MR) is 27.5 cm³/mol. The SMILES string of the molecule is CCNC(=O)ONN. The first-order valence-electron chi connectivity index (χ1n) is 2.21. The van der Waals surface area contributed by atoms with Gasteiger partial charge >= 0.3 is 6.09 Å². The molecule has 0 bridgehead atoms. The van der Waals surface area contributed by atoms with Crippen LogP contribution < -0.4 is 16.7 Å². The van der Waals surface area contributed by atoms with E-state index in [0.717, 1.165) is 0 Å². The van der Waals surface area contributed by atoms with Crippen LogP contribution in [-0.4, -0.2) is 12.6 Å². The average molecular weight is 119 g/mol. The van der Waals surface area contributed by atoms with Crippen LogP contribution in [0.5, 0.6) is 0 Å². The van der Waals surface area contributed by atoms with E-state index in [1.165, 1.54) is 0 Å². The van der Waals surface area contributed by atoms with Crippen LogP contribution in [0.15, 0.2) is 0 Å². The van der Waals surface area contributed by atoms with E-state index in [0.29, 0.717) is 6.54 Å². The number of hydrazine groups is 1. The molecule has 0 aromatic heterocycles. The zero-order chi connectivity index (χ0) is 6.41. The Balaban J connectivity index is 3.06. The third-order valence-corrected chi connectivity index (χ3v) is 0.473. The summed E-state index contributed by atoms with van der Waals surface area (Å²) in [5.41, 5.74) is 1.74. The molecule has 4 N–H and O–H groups in total. The lowest BCUT2D eigenvalue weighted by atomic mass is 10.8. The molecule has 0 rings (SSSR count). The minimum absolute atomic E-state index is 0.528. The normalized spacial score (nSPS) is 8.25. The van der Waals surface area contributed by atoms with Crippen LogP contribution in [0.4, 0.5) is 4.79 Å². The lowest BCUT2D eigenvalue weighted by Crippen LogP contribution is -2.33. The predicted octanol–water partition coefficient (Wildman–Crippen LogP) is -0.889. The Kier molecular flexibility index (Phi) is 3.91. The first-order valence-corrected chi connectivity index (χ1v) is 2.21.